The van der Waals surface area contributed by atoms with Crippen molar-refractivity contribution in [2.75, 3.05) is 32.8 Å². The van der Waals surface area contributed by atoms with E-state index in [-0.39, 0.29) is 23.4 Å². The van der Waals surface area contributed by atoms with Gasteiger partial charge in [0, 0.05) is 53.3 Å². The van der Waals surface area contributed by atoms with E-state index in [1.54, 1.807) is 46.8 Å². The van der Waals surface area contributed by atoms with Gasteiger partial charge in [-0.1, -0.05) is 53.9 Å². The van der Waals surface area contributed by atoms with Crippen LogP contribution in [0.15, 0.2) is 42.5 Å². The van der Waals surface area contributed by atoms with Crippen molar-refractivity contribution < 1.29 is 19.1 Å². The zero-order valence-electron chi connectivity index (χ0n) is 23.6. The summed E-state index contributed by atoms with van der Waals surface area (Å²) in [4.78, 5) is 42.8. The van der Waals surface area contributed by atoms with E-state index < -0.39 is 12.6 Å². The number of ether oxygens (including phenoxy) is 1. The number of amides is 2. The molecule has 5 rings (SSSR count). The van der Waals surface area contributed by atoms with Crippen LogP contribution in [0.4, 0.5) is 0 Å². The maximum absolute atomic E-state index is 13.2. The van der Waals surface area contributed by atoms with E-state index in [9.17, 15) is 14.4 Å². The lowest BCUT2D eigenvalue weighted by Crippen LogP contribution is -2.47. The van der Waals surface area contributed by atoms with Crippen molar-refractivity contribution in [1.29, 1.82) is 0 Å². The van der Waals surface area contributed by atoms with E-state index in [1.807, 2.05) is 17.0 Å². The lowest BCUT2D eigenvalue weighted by molar-refractivity contribution is -0.143. The number of halogens is 3. The van der Waals surface area contributed by atoms with Gasteiger partial charge in [0.05, 0.1) is 16.4 Å². The van der Waals surface area contributed by atoms with Crippen LogP contribution in [0.3, 0.4) is 0 Å². The summed E-state index contributed by atoms with van der Waals surface area (Å²) >= 11 is 18.7. The minimum atomic E-state index is -0.718. The fraction of sp³-hybridized carbons (Fsp3) is 0.419. The first kappa shape index (κ1) is 30.4. The van der Waals surface area contributed by atoms with Crippen molar-refractivity contribution >= 4 is 52.6 Å². The third-order valence-electron chi connectivity index (χ3n) is 8.06. The first-order chi connectivity index (χ1) is 20.1. The number of piperidine rings is 2. The zero-order valence-corrected chi connectivity index (χ0v) is 25.9. The Morgan fingerprint density at radius 2 is 1.62 bits per heavy atom. The molecule has 1 unspecified atom stereocenters. The largest absolute Gasteiger partial charge is 0.451 e. The summed E-state index contributed by atoms with van der Waals surface area (Å²) in [5.41, 5.74) is 2.55. The number of carbonyl (C=O) groups is 3. The number of hydrogen-bond acceptors (Lipinski definition) is 5. The van der Waals surface area contributed by atoms with Gasteiger partial charge in [-0.05, 0) is 68.9 Å². The standard InChI is InChI=1S/C31H33Cl3N4O4/c1-19-4-3-13-37(17-19)30(40)22-11-14-36(15-12-22)27(39)18-42-31(41)28-20(2)29(21-5-7-23(32)8-6-21)38(35-28)26-10-9-24(33)16-25(26)34/h5-10,16,19,22H,3-4,11-15,17-18H2,1-2H3. The molecule has 3 heterocycles. The summed E-state index contributed by atoms with van der Waals surface area (Å²) in [6, 6.07) is 12.1. The van der Waals surface area contributed by atoms with E-state index >= 15 is 0 Å². The Morgan fingerprint density at radius 1 is 0.929 bits per heavy atom. The average Bonchev–Trinajstić information content (AvgIpc) is 3.32. The highest BCUT2D eigenvalue weighted by atomic mass is 35.5. The summed E-state index contributed by atoms with van der Waals surface area (Å²) in [6.45, 7) is 6.08. The Bertz CT molecular complexity index is 1480. The predicted molar refractivity (Wildman–Crippen MR) is 163 cm³/mol. The molecule has 0 aliphatic carbocycles. The molecule has 42 heavy (non-hydrogen) atoms. The third-order valence-corrected chi connectivity index (χ3v) is 8.85. The summed E-state index contributed by atoms with van der Waals surface area (Å²) in [5, 5.41) is 5.94. The minimum absolute atomic E-state index is 0.0684. The van der Waals surface area contributed by atoms with Crippen molar-refractivity contribution in [3.05, 3.63) is 68.8 Å². The normalized spacial score (nSPS) is 17.8. The third kappa shape index (κ3) is 6.61. The van der Waals surface area contributed by atoms with Crippen molar-refractivity contribution in [2.24, 2.45) is 11.8 Å². The summed E-state index contributed by atoms with van der Waals surface area (Å²) < 4.78 is 7.03. The van der Waals surface area contributed by atoms with Crippen molar-refractivity contribution in [3.8, 4) is 16.9 Å². The second-order valence-electron chi connectivity index (χ2n) is 11.1. The molecule has 3 aromatic rings. The molecule has 222 valence electrons. The number of carbonyl (C=O) groups excluding carboxylic acids is 3. The molecule has 0 radical (unpaired) electrons. The van der Waals surface area contributed by atoms with Crippen LogP contribution in [0.1, 0.15) is 48.7 Å². The van der Waals surface area contributed by atoms with E-state index in [0.717, 1.165) is 31.5 Å². The molecule has 0 saturated carbocycles. The lowest BCUT2D eigenvalue weighted by Gasteiger charge is -2.37. The highest BCUT2D eigenvalue weighted by molar-refractivity contribution is 6.35. The molecule has 2 saturated heterocycles. The monoisotopic (exact) mass is 630 g/mol. The van der Waals surface area contributed by atoms with E-state index in [1.165, 1.54) is 0 Å². The van der Waals surface area contributed by atoms with Crippen molar-refractivity contribution in [1.82, 2.24) is 19.6 Å². The van der Waals surface area contributed by atoms with Gasteiger partial charge in [0.2, 0.25) is 5.91 Å². The molecule has 2 aromatic carbocycles. The number of likely N-dealkylation sites (tertiary alicyclic amines) is 2. The first-order valence-corrected chi connectivity index (χ1v) is 15.3. The molecule has 0 bridgehead atoms. The molecule has 1 atom stereocenters. The fourth-order valence-electron chi connectivity index (χ4n) is 5.77. The van der Waals surface area contributed by atoms with Gasteiger partial charge >= 0.3 is 5.97 Å². The summed E-state index contributed by atoms with van der Waals surface area (Å²) in [6.07, 6.45) is 3.42. The van der Waals surface area contributed by atoms with Gasteiger partial charge in [0.15, 0.2) is 12.3 Å². The average molecular weight is 632 g/mol. The van der Waals surface area contributed by atoms with Crippen LogP contribution in [0.25, 0.3) is 16.9 Å². The van der Waals surface area contributed by atoms with Crippen LogP contribution in [0.2, 0.25) is 15.1 Å². The molecule has 11 heteroatoms. The highest BCUT2D eigenvalue weighted by Gasteiger charge is 2.32. The van der Waals surface area contributed by atoms with Crippen LogP contribution in [0.5, 0.6) is 0 Å². The number of rotatable bonds is 6. The Morgan fingerprint density at radius 3 is 2.29 bits per heavy atom. The molecule has 1 aromatic heterocycles. The van der Waals surface area contributed by atoms with Gasteiger partial charge in [-0.15, -0.1) is 0 Å². The molecule has 0 N–H and O–H groups in total. The van der Waals surface area contributed by atoms with Gasteiger partial charge in [-0.25, -0.2) is 9.48 Å². The van der Waals surface area contributed by atoms with Crippen molar-refractivity contribution in [2.45, 2.75) is 39.5 Å². The van der Waals surface area contributed by atoms with Crippen LogP contribution < -0.4 is 0 Å². The van der Waals surface area contributed by atoms with Crippen LogP contribution in [0, 0.1) is 18.8 Å². The summed E-state index contributed by atoms with van der Waals surface area (Å²) in [7, 11) is 0. The Labute approximate surface area is 260 Å². The molecule has 2 fully saturated rings. The van der Waals surface area contributed by atoms with Crippen LogP contribution >= 0.6 is 34.8 Å². The fourth-order valence-corrected chi connectivity index (χ4v) is 6.39. The SMILES string of the molecule is Cc1c(C(=O)OCC(=O)N2CCC(C(=O)N3CCCC(C)C3)CC2)nn(-c2ccc(Cl)cc2Cl)c1-c1ccc(Cl)cc1. The van der Waals surface area contributed by atoms with Crippen LogP contribution in [-0.2, 0) is 14.3 Å². The number of hydrogen-bond donors (Lipinski definition) is 0. The van der Waals surface area contributed by atoms with Crippen molar-refractivity contribution in [3.63, 3.8) is 0 Å². The number of esters is 1. The van der Waals surface area contributed by atoms with Gasteiger partial charge in [0.1, 0.15) is 0 Å². The van der Waals surface area contributed by atoms with E-state index in [4.69, 9.17) is 39.5 Å². The smallest absolute Gasteiger partial charge is 0.359 e. The van der Waals surface area contributed by atoms with E-state index in [0.29, 0.717) is 63.9 Å². The van der Waals surface area contributed by atoms with Gasteiger partial charge in [-0.2, -0.15) is 5.10 Å². The van der Waals surface area contributed by atoms with Crippen LogP contribution in [-0.4, -0.2) is 70.1 Å². The highest BCUT2D eigenvalue weighted by Crippen LogP contribution is 2.33. The molecule has 2 aliphatic heterocycles. The van der Waals surface area contributed by atoms with Gasteiger partial charge < -0.3 is 14.5 Å². The van der Waals surface area contributed by atoms with Gasteiger partial charge in [0.25, 0.3) is 5.91 Å². The quantitative estimate of drug-likeness (QED) is 0.292. The second kappa shape index (κ2) is 13.1. The molecular weight excluding hydrogens is 599 g/mol. The maximum atomic E-state index is 13.2. The molecule has 2 aliphatic rings. The predicted octanol–water partition coefficient (Wildman–Crippen LogP) is 6.46. The summed E-state index contributed by atoms with van der Waals surface area (Å²) in [5.74, 6) is -0.358. The minimum Gasteiger partial charge on any atom is -0.451 e. The molecular formula is C31H33Cl3N4O4. The Hall–Kier alpha value is -3.07. The Balaban J connectivity index is 1.26. The number of aromatic nitrogens is 2. The number of nitrogens with zero attached hydrogens (tertiary/aromatic N) is 4. The first-order valence-electron chi connectivity index (χ1n) is 14.2. The lowest BCUT2D eigenvalue weighted by atomic mass is 9.93. The number of benzene rings is 2. The molecule has 0 spiro atoms. The molecule has 8 nitrogen and oxygen atoms in total. The topological polar surface area (TPSA) is 84.7 Å². The second-order valence-corrected chi connectivity index (χ2v) is 12.4. The van der Waals surface area contributed by atoms with E-state index in [2.05, 4.69) is 12.0 Å². The maximum Gasteiger partial charge on any atom is 0.359 e. The zero-order chi connectivity index (χ0) is 30.0. The molecule has 2 amide bonds. The Kier molecular flexibility index (Phi) is 9.45. The van der Waals surface area contributed by atoms with Gasteiger partial charge in [-0.3, -0.25) is 9.59 Å².